The van der Waals surface area contributed by atoms with Gasteiger partial charge in [-0.25, -0.2) is 0 Å². The molecule has 0 aliphatic rings. The van der Waals surface area contributed by atoms with Crippen LogP contribution in [0.15, 0.2) is 47.6 Å². The van der Waals surface area contributed by atoms with Crippen LogP contribution in [0.1, 0.15) is 11.3 Å². The zero-order valence-electron chi connectivity index (χ0n) is 9.53. The first-order valence-corrected chi connectivity index (χ1v) is 5.66. The van der Waals surface area contributed by atoms with Gasteiger partial charge in [-0.05, 0) is 30.3 Å². The van der Waals surface area contributed by atoms with Gasteiger partial charge in [0.05, 0.1) is 28.2 Å². The van der Waals surface area contributed by atoms with Crippen molar-refractivity contribution in [2.45, 2.75) is 6.18 Å². The first-order valence-electron chi connectivity index (χ1n) is 5.28. The predicted octanol–water partition coefficient (Wildman–Crippen LogP) is 4.50. The fourth-order valence-electron chi connectivity index (χ4n) is 1.38. The highest BCUT2D eigenvalue weighted by atomic mass is 35.5. The van der Waals surface area contributed by atoms with Crippen LogP contribution in [-0.4, -0.2) is 11.2 Å². The summed E-state index contributed by atoms with van der Waals surface area (Å²) >= 11 is 5.81. The first-order chi connectivity index (χ1) is 8.97. The van der Waals surface area contributed by atoms with Crippen molar-refractivity contribution in [1.29, 1.82) is 0 Å². The molecule has 1 aromatic carbocycles. The number of rotatable bonds is 2. The van der Waals surface area contributed by atoms with E-state index in [1.807, 2.05) is 0 Å². The minimum Gasteiger partial charge on any atom is -0.255 e. The maximum Gasteiger partial charge on any atom is 0.416 e. The molecule has 1 heterocycles. The smallest absolute Gasteiger partial charge is 0.255 e. The number of aliphatic imine (C=N–C) groups is 1. The summed E-state index contributed by atoms with van der Waals surface area (Å²) in [6, 6.07) is 8.17. The third-order valence-electron chi connectivity index (χ3n) is 2.30. The zero-order valence-corrected chi connectivity index (χ0v) is 10.3. The molecule has 0 aliphatic heterocycles. The molecule has 0 saturated carbocycles. The average molecular weight is 285 g/mol. The Kier molecular flexibility index (Phi) is 3.85. The molecule has 6 heteroatoms. The van der Waals surface area contributed by atoms with Crippen molar-refractivity contribution in [3.63, 3.8) is 0 Å². The Bertz CT molecular complexity index is 595. The quantitative estimate of drug-likeness (QED) is 0.745. The molecule has 0 N–H and O–H groups in total. The molecule has 0 aliphatic carbocycles. The Balaban J connectivity index is 2.32. The van der Waals surface area contributed by atoms with E-state index in [4.69, 9.17) is 11.6 Å². The van der Waals surface area contributed by atoms with Crippen LogP contribution in [-0.2, 0) is 6.18 Å². The molecule has 0 amide bonds. The number of alkyl halides is 3. The summed E-state index contributed by atoms with van der Waals surface area (Å²) in [5, 5.41) is 0.153. The Morgan fingerprint density at radius 2 is 1.95 bits per heavy atom. The summed E-state index contributed by atoms with van der Waals surface area (Å²) in [6.07, 6.45) is -1.49. The molecule has 0 atom stereocenters. The molecule has 2 rings (SSSR count). The Hall–Kier alpha value is -1.88. The van der Waals surface area contributed by atoms with Gasteiger partial charge in [-0.3, -0.25) is 9.98 Å². The molecule has 98 valence electrons. The van der Waals surface area contributed by atoms with Crippen molar-refractivity contribution in [3.05, 3.63) is 58.9 Å². The van der Waals surface area contributed by atoms with Gasteiger partial charge < -0.3 is 0 Å². The van der Waals surface area contributed by atoms with E-state index in [2.05, 4.69) is 9.98 Å². The van der Waals surface area contributed by atoms with Crippen LogP contribution in [0.2, 0.25) is 5.02 Å². The van der Waals surface area contributed by atoms with Crippen LogP contribution in [0, 0.1) is 0 Å². The van der Waals surface area contributed by atoms with Gasteiger partial charge in [0, 0.05) is 6.20 Å². The molecule has 0 bridgehead atoms. The number of pyridine rings is 1. The maximum absolute atomic E-state index is 12.6. The standard InChI is InChI=1S/C13H8ClF3N2/c14-11-5-4-9(13(15,16)17)7-12(11)19-8-10-3-1-2-6-18-10/h1-8H. The highest BCUT2D eigenvalue weighted by Gasteiger charge is 2.30. The van der Waals surface area contributed by atoms with Gasteiger partial charge in [-0.1, -0.05) is 17.7 Å². The number of hydrogen-bond donors (Lipinski definition) is 0. The summed E-state index contributed by atoms with van der Waals surface area (Å²) in [6.45, 7) is 0. The van der Waals surface area contributed by atoms with Crippen LogP contribution < -0.4 is 0 Å². The van der Waals surface area contributed by atoms with Gasteiger partial charge in [-0.15, -0.1) is 0 Å². The van der Waals surface area contributed by atoms with Gasteiger partial charge >= 0.3 is 6.18 Å². The van der Waals surface area contributed by atoms with Crippen LogP contribution in [0.3, 0.4) is 0 Å². The third-order valence-corrected chi connectivity index (χ3v) is 2.62. The fourth-order valence-corrected chi connectivity index (χ4v) is 1.54. The van der Waals surface area contributed by atoms with E-state index >= 15 is 0 Å². The van der Waals surface area contributed by atoms with E-state index in [0.29, 0.717) is 5.69 Å². The number of halogens is 4. The molecular weight excluding hydrogens is 277 g/mol. The lowest BCUT2D eigenvalue weighted by atomic mass is 10.2. The van der Waals surface area contributed by atoms with Crippen molar-refractivity contribution in [2.75, 3.05) is 0 Å². The van der Waals surface area contributed by atoms with Crippen LogP contribution in [0.25, 0.3) is 0 Å². The van der Waals surface area contributed by atoms with Crippen molar-refractivity contribution < 1.29 is 13.2 Å². The molecule has 2 nitrogen and oxygen atoms in total. The number of benzene rings is 1. The number of aromatic nitrogens is 1. The second-order valence-electron chi connectivity index (χ2n) is 3.68. The Morgan fingerprint density at radius 1 is 1.16 bits per heavy atom. The lowest BCUT2D eigenvalue weighted by Gasteiger charge is -2.07. The second kappa shape index (κ2) is 5.40. The molecule has 2 aromatic rings. The molecule has 0 spiro atoms. The minimum atomic E-state index is -4.42. The van der Waals surface area contributed by atoms with Crippen molar-refractivity contribution in [2.24, 2.45) is 4.99 Å². The van der Waals surface area contributed by atoms with Gasteiger partial charge in [0.2, 0.25) is 0 Å². The van der Waals surface area contributed by atoms with Gasteiger partial charge in [0.1, 0.15) is 0 Å². The highest BCUT2D eigenvalue weighted by Crippen LogP contribution is 2.34. The fraction of sp³-hybridized carbons (Fsp3) is 0.0769. The van der Waals surface area contributed by atoms with Gasteiger partial charge in [0.15, 0.2) is 0 Å². The molecule has 0 unspecified atom stereocenters. The third kappa shape index (κ3) is 3.54. The van der Waals surface area contributed by atoms with E-state index < -0.39 is 11.7 Å². The van der Waals surface area contributed by atoms with E-state index in [1.165, 1.54) is 12.3 Å². The van der Waals surface area contributed by atoms with Crippen LogP contribution in [0.4, 0.5) is 18.9 Å². The summed E-state index contributed by atoms with van der Waals surface area (Å²) in [4.78, 5) is 7.91. The van der Waals surface area contributed by atoms with E-state index in [0.717, 1.165) is 12.1 Å². The van der Waals surface area contributed by atoms with Crippen molar-refractivity contribution in [3.8, 4) is 0 Å². The molecule has 0 saturated heterocycles. The highest BCUT2D eigenvalue weighted by molar-refractivity contribution is 6.33. The molecule has 0 radical (unpaired) electrons. The number of nitrogens with zero attached hydrogens (tertiary/aromatic N) is 2. The van der Waals surface area contributed by atoms with Crippen molar-refractivity contribution >= 4 is 23.5 Å². The number of hydrogen-bond acceptors (Lipinski definition) is 2. The van der Waals surface area contributed by atoms with Gasteiger partial charge in [-0.2, -0.15) is 13.2 Å². The predicted molar refractivity (Wildman–Crippen MR) is 67.9 cm³/mol. The van der Waals surface area contributed by atoms with Crippen LogP contribution >= 0.6 is 11.6 Å². The maximum atomic E-state index is 12.6. The summed E-state index contributed by atoms with van der Waals surface area (Å²) < 4.78 is 37.7. The first kappa shape index (κ1) is 13.5. The SMILES string of the molecule is FC(F)(F)c1ccc(Cl)c(N=Cc2ccccn2)c1. The largest absolute Gasteiger partial charge is 0.416 e. The second-order valence-corrected chi connectivity index (χ2v) is 4.08. The Labute approximate surface area is 112 Å². The topological polar surface area (TPSA) is 25.2 Å². The lowest BCUT2D eigenvalue weighted by Crippen LogP contribution is -2.04. The normalized spacial score (nSPS) is 12.0. The van der Waals surface area contributed by atoms with Crippen molar-refractivity contribution in [1.82, 2.24) is 4.98 Å². The van der Waals surface area contributed by atoms with E-state index in [9.17, 15) is 13.2 Å². The zero-order chi connectivity index (χ0) is 13.9. The summed E-state index contributed by atoms with van der Waals surface area (Å²) in [7, 11) is 0. The van der Waals surface area contributed by atoms with E-state index in [1.54, 1.807) is 24.4 Å². The lowest BCUT2D eigenvalue weighted by molar-refractivity contribution is -0.137. The summed E-state index contributed by atoms with van der Waals surface area (Å²) in [5.41, 5.74) is -0.191. The Morgan fingerprint density at radius 3 is 2.58 bits per heavy atom. The molecular formula is C13H8ClF3N2. The summed E-state index contributed by atoms with van der Waals surface area (Å²) in [5.74, 6) is 0. The average Bonchev–Trinajstić information content (AvgIpc) is 2.37. The molecule has 1 aromatic heterocycles. The van der Waals surface area contributed by atoms with Crippen LogP contribution in [0.5, 0.6) is 0 Å². The van der Waals surface area contributed by atoms with E-state index in [-0.39, 0.29) is 10.7 Å². The van der Waals surface area contributed by atoms with Gasteiger partial charge in [0.25, 0.3) is 0 Å². The molecule has 19 heavy (non-hydrogen) atoms. The monoisotopic (exact) mass is 284 g/mol. The minimum absolute atomic E-state index is 0.0575. The molecule has 0 fully saturated rings.